The van der Waals surface area contributed by atoms with E-state index in [2.05, 4.69) is 45.8 Å². The van der Waals surface area contributed by atoms with Crippen molar-refractivity contribution in [3.8, 4) is 33.0 Å². The van der Waals surface area contributed by atoms with Crippen LogP contribution < -0.4 is 9.46 Å². The summed E-state index contributed by atoms with van der Waals surface area (Å²) in [5.41, 5.74) is 5.46. The van der Waals surface area contributed by atoms with E-state index in [0.29, 0.717) is 11.3 Å². The molecule has 33 heavy (non-hydrogen) atoms. The van der Waals surface area contributed by atoms with Crippen molar-refractivity contribution in [2.45, 2.75) is 45.6 Å². The maximum atomic E-state index is 9.43. The van der Waals surface area contributed by atoms with Gasteiger partial charge in [0, 0.05) is 16.9 Å². The van der Waals surface area contributed by atoms with Crippen LogP contribution >= 0.6 is 23.3 Å². The van der Waals surface area contributed by atoms with Gasteiger partial charge in [0.1, 0.15) is 21.8 Å². The van der Waals surface area contributed by atoms with Gasteiger partial charge in [0.25, 0.3) is 0 Å². The van der Waals surface area contributed by atoms with Gasteiger partial charge in [-0.25, -0.2) is 0 Å². The van der Waals surface area contributed by atoms with E-state index in [-0.39, 0.29) is 6.10 Å². The van der Waals surface area contributed by atoms with E-state index in [9.17, 15) is 5.26 Å². The number of hydrogen-bond donors (Lipinski definition) is 1. The Kier molecular flexibility index (Phi) is 9.49. The van der Waals surface area contributed by atoms with Crippen molar-refractivity contribution >= 4 is 23.3 Å². The van der Waals surface area contributed by atoms with Crippen LogP contribution in [0.2, 0.25) is 0 Å². The van der Waals surface area contributed by atoms with E-state index in [1.54, 1.807) is 23.3 Å². The number of hydrogen-bond acceptors (Lipinski definition) is 7. The van der Waals surface area contributed by atoms with Crippen molar-refractivity contribution in [1.82, 2.24) is 14.9 Å². The molecule has 4 rings (SSSR count). The Hall–Kier alpha value is -2.66. The molecule has 0 unspecified atom stereocenters. The summed E-state index contributed by atoms with van der Waals surface area (Å²) in [6.07, 6.45) is 6.51. The number of aromatic nitrogens is 2. The third kappa shape index (κ3) is 6.67. The molecule has 5 nitrogen and oxygen atoms in total. The highest BCUT2D eigenvalue weighted by molar-refractivity contribution is 7.97. The van der Waals surface area contributed by atoms with Crippen LogP contribution in [0, 0.1) is 11.3 Å². The maximum absolute atomic E-state index is 9.43. The monoisotopic (exact) mass is 478 g/mol. The number of fused-ring (bicyclic) bond motifs is 1. The second kappa shape index (κ2) is 12.5. The molecule has 0 radical (unpaired) electrons. The van der Waals surface area contributed by atoms with Gasteiger partial charge in [0.15, 0.2) is 0 Å². The predicted octanol–water partition coefficient (Wildman–Crippen LogP) is 6.45. The van der Waals surface area contributed by atoms with Crippen LogP contribution in [-0.4, -0.2) is 29.1 Å². The first-order chi connectivity index (χ1) is 16.1. The highest BCUT2D eigenvalue weighted by atomic mass is 32.2. The fraction of sp³-hybridized carbons (Fsp3) is 0.346. The van der Waals surface area contributed by atoms with E-state index < -0.39 is 0 Å². The second-order valence-corrected chi connectivity index (χ2v) is 9.91. The van der Waals surface area contributed by atoms with Crippen LogP contribution in [0.1, 0.15) is 43.4 Å². The first-order valence-electron chi connectivity index (χ1n) is 11.1. The van der Waals surface area contributed by atoms with E-state index >= 15 is 0 Å². The molecule has 0 spiro atoms. The van der Waals surface area contributed by atoms with Crippen LogP contribution in [-0.2, 0) is 12.8 Å². The summed E-state index contributed by atoms with van der Waals surface area (Å²) in [7, 11) is 1.92. The third-order valence-corrected chi connectivity index (χ3v) is 6.81. The molecule has 2 aromatic carbocycles. The molecule has 1 aromatic heterocycles. The Morgan fingerprint density at radius 1 is 1.24 bits per heavy atom. The molecule has 0 atom stereocenters. The van der Waals surface area contributed by atoms with Crippen LogP contribution in [0.5, 0.6) is 5.75 Å². The molecule has 1 aliphatic rings. The molecule has 0 bridgehead atoms. The van der Waals surface area contributed by atoms with Gasteiger partial charge in [-0.1, -0.05) is 47.6 Å². The van der Waals surface area contributed by atoms with Gasteiger partial charge in [-0.2, -0.15) is 5.26 Å². The molecule has 172 valence electrons. The molecule has 0 aliphatic heterocycles. The smallest absolute Gasteiger partial charge is 0.148 e. The molecule has 1 aliphatic carbocycles. The Bertz CT molecular complexity index is 1120. The second-order valence-electron chi connectivity index (χ2n) is 7.83. The lowest BCUT2D eigenvalue weighted by Crippen LogP contribution is -2.06. The van der Waals surface area contributed by atoms with Crippen molar-refractivity contribution in [2.24, 2.45) is 0 Å². The third-order valence-electron chi connectivity index (χ3n) is 5.08. The Labute approximate surface area is 205 Å². The molecule has 7 heteroatoms. The molecule has 1 heterocycles. The number of nitrogens with zero attached hydrogens (tertiary/aromatic N) is 3. The van der Waals surface area contributed by atoms with Crippen LogP contribution in [0.3, 0.4) is 0 Å². The minimum Gasteiger partial charge on any atom is -0.490 e. The highest BCUT2D eigenvalue weighted by Gasteiger charge is 2.19. The lowest BCUT2D eigenvalue weighted by atomic mass is 10.0. The normalized spacial score (nSPS) is 12.0. The Balaban J connectivity index is 0.000000383. The van der Waals surface area contributed by atoms with Crippen molar-refractivity contribution in [3.63, 3.8) is 0 Å². The van der Waals surface area contributed by atoms with E-state index in [1.807, 2.05) is 45.2 Å². The van der Waals surface area contributed by atoms with Gasteiger partial charge < -0.3 is 4.74 Å². The van der Waals surface area contributed by atoms with Crippen LogP contribution in [0.15, 0.2) is 49.1 Å². The summed E-state index contributed by atoms with van der Waals surface area (Å²) in [4.78, 5) is 0. The number of nitriles is 1. The summed E-state index contributed by atoms with van der Waals surface area (Å²) in [6.45, 7) is 7.49. The minimum atomic E-state index is 0.0289. The van der Waals surface area contributed by atoms with Gasteiger partial charge >= 0.3 is 0 Å². The minimum absolute atomic E-state index is 0.0289. The first kappa shape index (κ1) is 25.0. The fourth-order valence-electron chi connectivity index (χ4n) is 3.62. The Morgan fingerprint density at radius 3 is 2.79 bits per heavy atom. The van der Waals surface area contributed by atoms with E-state index in [4.69, 9.17) is 4.74 Å². The summed E-state index contributed by atoms with van der Waals surface area (Å²) in [6, 6.07) is 14.3. The topological polar surface area (TPSA) is 70.8 Å². The average Bonchev–Trinajstić information content (AvgIpc) is 3.49. The molecule has 3 aromatic rings. The molecule has 0 saturated carbocycles. The SMILES string of the molecule is C=CCCSNC.CC(C)Oc1ccc(-c2nnc(-c3cccc4c3CCC4)s2)cc1C#N. The number of allylic oxidation sites excluding steroid dienone is 1. The van der Waals surface area contributed by atoms with Crippen molar-refractivity contribution in [1.29, 1.82) is 5.26 Å². The van der Waals surface area contributed by atoms with Crippen molar-refractivity contribution < 1.29 is 4.74 Å². The zero-order valence-corrected chi connectivity index (χ0v) is 21.1. The molecule has 1 N–H and O–H groups in total. The zero-order chi connectivity index (χ0) is 23.6. The number of rotatable bonds is 8. The summed E-state index contributed by atoms with van der Waals surface area (Å²) >= 11 is 3.28. The van der Waals surface area contributed by atoms with Crippen molar-refractivity contribution in [2.75, 3.05) is 12.8 Å². The molecule has 0 saturated heterocycles. The summed E-state index contributed by atoms with van der Waals surface area (Å²) < 4.78 is 8.67. The lowest BCUT2D eigenvalue weighted by molar-refractivity contribution is 0.242. The molecular weight excluding hydrogens is 448 g/mol. The standard InChI is InChI=1S/C21H19N3OS.C5H11NS/c1-13(2)25-19-10-9-15(11-16(19)12-22)20-23-24-21(26-20)18-8-4-6-14-5-3-7-17(14)18;1-3-4-5-7-6-2/h4,6,8-11,13H,3,5,7H2,1-2H3;3,6H,1,4-5H2,2H3. The average molecular weight is 479 g/mol. The van der Waals surface area contributed by atoms with Crippen LogP contribution in [0.25, 0.3) is 21.1 Å². The Morgan fingerprint density at radius 2 is 2.06 bits per heavy atom. The molecular formula is C26H30N4OS2. The van der Waals surface area contributed by atoms with Gasteiger partial charge in [-0.3, -0.25) is 4.72 Å². The number of aryl methyl sites for hydroxylation is 1. The maximum Gasteiger partial charge on any atom is 0.148 e. The quantitative estimate of drug-likeness (QED) is 0.228. The first-order valence-corrected chi connectivity index (χ1v) is 12.9. The van der Waals surface area contributed by atoms with Gasteiger partial charge in [-0.15, -0.1) is 16.8 Å². The summed E-state index contributed by atoms with van der Waals surface area (Å²) in [5, 5.41) is 20.0. The van der Waals surface area contributed by atoms with Crippen LogP contribution in [0.4, 0.5) is 0 Å². The number of nitrogens with one attached hydrogen (secondary N) is 1. The molecule has 0 amide bonds. The highest BCUT2D eigenvalue weighted by Crippen LogP contribution is 2.37. The van der Waals surface area contributed by atoms with Crippen molar-refractivity contribution in [3.05, 3.63) is 65.7 Å². The summed E-state index contributed by atoms with van der Waals surface area (Å²) in [5.74, 6) is 1.73. The fourth-order valence-corrected chi connectivity index (χ4v) is 5.00. The van der Waals surface area contributed by atoms with Gasteiger partial charge in [-0.05, 0) is 75.9 Å². The number of ether oxygens (including phenoxy) is 1. The lowest BCUT2D eigenvalue weighted by Gasteiger charge is -2.11. The van der Waals surface area contributed by atoms with Gasteiger partial charge in [0.2, 0.25) is 0 Å². The van der Waals surface area contributed by atoms with E-state index in [1.165, 1.54) is 23.1 Å². The van der Waals surface area contributed by atoms with E-state index in [0.717, 1.165) is 40.6 Å². The number of benzene rings is 2. The predicted molar refractivity (Wildman–Crippen MR) is 140 cm³/mol. The zero-order valence-electron chi connectivity index (χ0n) is 19.4. The van der Waals surface area contributed by atoms with Gasteiger partial charge in [0.05, 0.1) is 11.7 Å². The largest absolute Gasteiger partial charge is 0.490 e. The molecule has 0 fully saturated rings.